The van der Waals surface area contributed by atoms with Crippen molar-refractivity contribution >= 4 is 11.8 Å². The Morgan fingerprint density at radius 3 is 2.67 bits per heavy atom. The predicted molar refractivity (Wildman–Crippen MR) is 82.4 cm³/mol. The first kappa shape index (κ1) is 14.7. The summed E-state index contributed by atoms with van der Waals surface area (Å²) in [5.41, 5.74) is 0.397. The maximum absolute atomic E-state index is 3.84. The Morgan fingerprint density at radius 2 is 2.11 bits per heavy atom. The number of nitrogens with zero attached hydrogens (tertiary/aromatic N) is 1. The van der Waals surface area contributed by atoms with Crippen molar-refractivity contribution in [1.29, 1.82) is 0 Å². The summed E-state index contributed by atoms with van der Waals surface area (Å²) in [7, 11) is 0. The van der Waals surface area contributed by atoms with Crippen LogP contribution in [0.25, 0.3) is 0 Å². The molecule has 2 nitrogen and oxygen atoms in total. The van der Waals surface area contributed by atoms with Crippen molar-refractivity contribution in [2.75, 3.05) is 25.4 Å². The van der Waals surface area contributed by atoms with Gasteiger partial charge in [0.25, 0.3) is 0 Å². The molecule has 0 amide bonds. The van der Waals surface area contributed by atoms with Crippen LogP contribution >= 0.6 is 11.8 Å². The van der Waals surface area contributed by atoms with Crippen LogP contribution in [0.3, 0.4) is 0 Å². The number of hydrogen-bond donors (Lipinski definition) is 1. The number of piperazine rings is 1. The van der Waals surface area contributed by atoms with E-state index in [-0.39, 0.29) is 0 Å². The second kappa shape index (κ2) is 6.15. The highest BCUT2D eigenvalue weighted by Gasteiger charge is 2.45. The predicted octanol–water partition coefficient (Wildman–Crippen LogP) is 2.98. The molecule has 1 aliphatic carbocycles. The SMILES string of the molecule is CCC1CNC(C)(C2CC2)CN1CCSC(C)C. The van der Waals surface area contributed by atoms with Crippen LogP contribution in [0.1, 0.15) is 47.0 Å². The molecule has 1 heterocycles. The van der Waals surface area contributed by atoms with Crippen LogP contribution in [0.15, 0.2) is 0 Å². The highest BCUT2D eigenvalue weighted by molar-refractivity contribution is 7.99. The molecule has 0 radical (unpaired) electrons. The Bertz CT molecular complexity index is 265. The van der Waals surface area contributed by atoms with Crippen LogP contribution in [-0.4, -0.2) is 47.1 Å². The molecule has 1 N–H and O–H groups in total. The quantitative estimate of drug-likeness (QED) is 0.799. The van der Waals surface area contributed by atoms with Gasteiger partial charge in [0.2, 0.25) is 0 Å². The molecular weight excluding hydrogens is 240 g/mol. The van der Waals surface area contributed by atoms with Crippen molar-refractivity contribution in [2.24, 2.45) is 5.92 Å². The third-order valence-electron chi connectivity index (χ3n) is 4.57. The summed E-state index contributed by atoms with van der Waals surface area (Å²) in [5, 5.41) is 4.61. The van der Waals surface area contributed by atoms with Gasteiger partial charge in [0.05, 0.1) is 0 Å². The molecule has 1 saturated carbocycles. The van der Waals surface area contributed by atoms with Crippen LogP contribution in [0.4, 0.5) is 0 Å². The smallest absolute Gasteiger partial charge is 0.0309 e. The van der Waals surface area contributed by atoms with E-state index in [0.29, 0.717) is 5.54 Å². The molecule has 3 heteroatoms. The van der Waals surface area contributed by atoms with Crippen LogP contribution in [0.5, 0.6) is 0 Å². The maximum Gasteiger partial charge on any atom is 0.0309 e. The molecule has 0 aromatic heterocycles. The number of thioether (sulfide) groups is 1. The lowest BCUT2D eigenvalue weighted by Crippen LogP contribution is -2.64. The topological polar surface area (TPSA) is 15.3 Å². The van der Waals surface area contributed by atoms with Gasteiger partial charge in [-0.25, -0.2) is 0 Å². The molecule has 0 aromatic carbocycles. The molecule has 2 atom stereocenters. The van der Waals surface area contributed by atoms with Crippen molar-refractivity contribution in [3.05, 3.63) is 0 Å². The zero-order chi connectivity index (χ0) is 13.2. The lowest BCUT2D eigenvalue weighted by molar-refractivity contribution is 0.0788. The molecule has 2 rings (SSSR count). The van der Waals surface area contributed by atoms with E-state index >= 15 is 0 Å². The van der Waals surface area contributed by atoms with E-state index in [1.807, 2.05) is 0 Å². The summed E-state index contributed by atoms with van der Waals surface area (Å²) in [4.78, 5) is 2.75. The van der Waals surface area contributed by atoms with Gasteiger partial charge in [-0.15, -0.1) is 0 Å². The van der Waals surface area contributed by atoms with E-state index in [4.69, 9.17) is 0 Å². The summed E-state index contributed by atoms with van der Waals surface area (Å²) in [6.45, 7) is 13.1. The van der Waals surface area contributed by atoms with Gasteiger partial charge >= 0.3 is 0 Å². The normalized spacial score (nSPS) is 34.2. The fourth-order valence-electron chi connectivity index (χ4n) is 3.15. The summed E-state index contributed by atoms with van der Waals surface area (Å²) in [6, 6.07) is 0.754. The van der Waals surface area contributed by atoms with Crippen LogP contribution in [0.2, 0.25) is 0 Å². The Balaban J connectivity index is 1.86. The largest absolute Gasteiger partial charge is 0.308 e. The van der Waals surface area contributed by atoms with Crippen LogP contribution in [-0.2, 0) is 0 Å². The highest BCUT2D eigenvalue weighted by atomic mass is 32.2. The molecule has 2 aliphatic rings. The van der Waals surface area contributed by atoms with E-state index in [0.717, 1.165) is 17.2 Å². The van der Waals surface area contributed by atoms with E-state index in [9.17, 15) is 0 Å². The summed E-state index contributed by atoms with van der Waals surface area (Å²) in [5.74, 6) is 2.23. The lowest BCUT2D eigenvalue weighted by atomic mass is 9.90. The van der Waals surface area contributed by atoms with Crippen molar-refractivity contribution < 1.29 is 0 Å². The van der Waals surface area contributed by atoms with Crippen molar-refractivity contribution in [1.82, 2.24) is 10.2 Å². The lowest BCUT2D eigenvalue weighted by Gasteiger charge is -2.46. The van der Waals surface area contributed by atoms with E-state index in [1.165, 1.54) is 44.6 Å². The fraction of sp³-hybridized carbons (Fsp3) is 1.00. The Kier molecular flexibility index (Phi) is 5.01. The minimum atomic E-state index is 0.397. The van der Waals surface area contributed by atoms with Gasteiger partial charge in [0.1, 0.15) is 0 Å². The average Bonchev–Trinajstić information content (AvgIpc) is 3.13. The third kappa shape index (κ3) is 3.64. The molecule has 2 fully saturated rings. The second-order valence-electron chi connectivity index (χ2n) is 6.52. The van der Waals surface area contributed by atoms with Crippen molar-refractivity contribution in [3.63, 3.8) is 0 Å². The van der Waals surface area contributed by atoms with Gasteiger partial charge in [0, 0.05) is 37.0 Å². The molecule has 106 valence electrons. The summed E-state index contributed by atoms with van der Waals surface area (Å²) >= 11 is 2.10. The monoisotopic (exact) mass is 270 g/mol. The first-order chi connectivity index (χ1) is 8.55. The molecule has 0 aromatic rings. The summed E-state index contributed by atoms with van der Waals surface area (Å²) in [6.07, 6.45) is 4.16. The number of rotatable bonds is 6. The average molecular weight is 270 g/mol. The second-order valence-corrected chi connectivity index (χ2v) is 8.21. The van der Waals surface area contributed by atoms with Gasteiger partial charge in [0.15, 0.2) is 0 Å². The maximum atomic E-state index is 3.84. The van der Waals surface area contributed by atoms with E-state index in [1.54, 1.807) is 0 Å². The van der Waals surface area contributed by atoms with Gasteiger partial charge in [-0.05, 0) is 37.4 Å². The Labute approximate surface area is 117 Å². The zero-order valence-electron chi connectivity index (χ0n) is 12.5. The van der Waals surface area contributed by atoms with Crippen molar-refractivity contribution in [2.45, 2.75) is 63.8 Å². The number of nitrogens with one attached hydrogen (secondary N) is 1. The van der Waals surface area contributed by atoms with E-state index < -0.39 is 0 Å². The van der Waals surface area contributed by atoms with Crippen LogP contribution < -0.4 is 5.32 Å². The van der Waals surface area contributed by atoms with E-state index in [2.05, 4.69) is 49.7 Å². The van der Waals surface area contributed by atoms with Crippen molar-refractivity contribution in [3.8, 4) is 0 Å². The minimum absolute atomic E-state index is 0.397. The fourth-order valence-corrected chi connectivity index (χ4v) is 3.96. The number of hydrogen-bond acceptors (Lipinski definition) is 3. The molecule has 0 spiro atoms. The van der Waals surface area contributed by atoms with Crippen LogP contribution in [0, 0.1) is 5.92 Å². The standard InChI is InChI=1S/C15H30N2S/c1-5-14-10-16-15(4,13-6-7-13)11-17(14)8-9-18-12(2)3/h12-14,16H,5-11H2,1-4H3. The van der Waals surface area contributed by atoms with Gasteiger partial charge < -0.3 is 5.32 Å². The minimum Gasteiger partial charge on any atom is -0.308 e. The Hall–Kier alpha value is 0.270. The zero-order valence-corrected chi connectivity index (χ0v) is 13.4. The molecular formula is C15H30N2S. The molecule has 2 unspecified atom stereocenters. The summed E-state index contributed by atoms with van der Waals surface area (Å²) < 4.78 is 0. The first-order valence-corrected chi connectivity index (χ1v) is 8.70. The molecule has 1 aliphatic heterocycles. The van der Waals surface area contributed by atoms with Gasteiger partial charge in [-0.2, -0.15) is 11.8 Å². The third-order valence-corrected chi connectivity index (χ3v) is 5.65. The van der Waals surface area contributed by atoms with Gasteiger partial charge in [-0.3, -0.25) is 4.90 Å². The Morgan fingerprint density at radius 1 is 1.39 bits per heavy atom. The van der Waals surface area contributed by atoms with Gasteiger partial charge in [-0.1, -0.05) is 20.8 Å². The molecule has 18 heavy (non-hydrogen) atoms. The highest BCUT2D eigenvalue weighted by Crippen LogP contribution is 2.41. The first-order valence-electron chi connectivity index (χ1n) is 7.66. The molecule has 1 saturated heterocycles. The molecule has 0 bridgehead atoms.